The molecule has 7 heteroatoms. The normalized spacial score (nSPS) is 12.2. The maximum Gasteiger partial charge on any atom is 0.278 e. The zero-order chi connectivity index (χ0) is 16.9. The Labute approximate surface area is 148 Å². The molecule has 0 saturated heterocycles. The Morgan fingerprint density at radius 3 is 2.83 bits per heavy atom. The number of H-pyrrole nitrogens is 1. The zero-order valence-electron chi connectivity index (χ0n) is 13.1. The van der Waals surface area contributed by atoms with Crippen LogP contribution in [0.15, 0.2) is 52.3 Å². The molecule has 1 aromatic carbocycles. The van der Waals surface area contributed by atoms with Crippen LogP contribution >= 0.6 is 23.4 Å². The lowest BCUT2D eigenvalue weighted by molar-refractivity contribution is 0.973. The maximum atomic E-state index is 12.0. The summed E-state index contributed by atoms with van der Waals surface area (Å²) in [5, 5.41) is 3.32. The number of hydrogen-bond donors (Lipinski definition) is 2. The average molecular weight is 361 g/mol. The lowest BCUT2D eigenvalue weighted by atomic mass is 10.2. The molecule has 3 rings (SSSR count). The molecule has 0 fully saturated rings. The summed E-state index contributed by atoms with van der Waals surface area (Å²) in [5.41, 5.74) is 1.88. The first-order valence-corrected chi connectivity index (χ1v) is 8.95. The molecule has 0 saturated carbocycles. The molecule has 1 unspecified atom stereocenters. The second-order valence-electron chi connectivity index (χ2n) is 5.37. The molecule has 0 radical (unpaired) electrons. The molecule has 0 amide bonds. The molecule has 0 spiro atoms. The molecule has 124 valence electrons. The molecular weight excluding hydrogens is 344 g/mol. The highest BCUT2D eigenvalue weighted by atomic mass is 35.5. The van der Waals surface area contributed by atoms with E-state index in [0.717, 1.165) is 4.90 Å². The van der Waals surface area contributed by atoms with Gasteiger partial charge in [0.05, 0.1) is 5.52 Å². The fourth-order valence-electron chi connectivity index (χ4n) is 2.21. The van der Waals surface area contributed by atoms with Crippen LogP contribution in [-0.2, 0) is 0 Å². The van der Waals surface area contributed by atoms with Gasteiger partial charge >= 0.3 is 0 Å². The molecule has 2 heterocycles. The Bertz CT molecular complexity index is 882. The summed E-state index contributed by atoms with van der Waals surface area (Å²) in [6.07, 6.45) is 1.58. The number of fused-ring (bicyclic) bond motifs is 1. The van der Waals surface area contributed by atoms with Crippen molar-refractivity contribution in [2.75, 3.05) is 17.7 Å². The van der Waals surface area contributed by atoms with E-state index in [-0.39, 0.29) is 10.8 Å². The van der Waals surface area contributed by atoms with Crippen molar-refractivity contribution in [3.8, 4) is 0 Å². The van der Waals surface area contributed by atoms with Gasteiger partial charge in [-0.1, -0.05) is 17.7 Å². The fourth-order valence-corrected chi connectivity index (χ4v) is 3.41. The van der Waals surface area contributed by atoms with Crippen LogP contribution in [0.3, 0.4) is 0 Å². The van der Waals surface area contributed by atoms with E-state index in [1.54, 1.807) is 30.1 Å². The molecule has 0 aliphatic rings. The highest BCUT2D eigenvalue weighted by molar-refractivity contribution is 8.00. The van der Waals surface area contributed by atoms with Gasteiger partial charge in [-0.3, -0.25) is 9.78 Å². The van der Waals surface area contributed by atoms with Gasteiger partial charge in [0.2, 0.25) is 5.95 Å². The molecule has 0 aliphatic heterocycles. The number of aromatic nitrogens is 3. The Morgan fingerprint density at radius 2 is 2.08 bits per heavy atom. The van der Waals surface area contributed by atoms with Gasteiger partial charge < -0.3 is 5.32 Å². The number of rotatable bonds is 6. The predicted molar refractivity (Wildman–Crippen MR) is 100 cm³/mol. The van der Waals surface area contributed by atoms with E-state index in [1.165, 1.54) is 5.56 Å². The lowest BCUT2D eigenvalue weighted by Gasteiger charge is -2.15. The van der Waals surface area contributed by atoms with E-state index >= 15 is 0 Å². The third kappa shape index (κ3) is 4.07. The number of pyridine rings is 1. The quantitative estimate of drug-likeness (QED) is 0.520. The van der Waals surface area contributed by atoms with E-state index in [1.807, 2.05) is 0 Å². The number of benzene rings is 1. The summed E-state index contributed by atoms with van der Waals surface area (Å²) in [6.45, 7) is 2.66. The van der Waals surface area contributed by atoms with E-state index in [0.29, 0.717) is 29.4 Å². The highest BCUT2D eigenvalue weighted by Crippen LogP contribution is 2.24. The van der Waals surface area contributed by atoms with Gasteiger partial charge in [-0.05, 0) is 31.2 Å². The number of aromatic amines is 1. The van der Waals surface area contributed by atoms with Crippen molar-refractivity contribution < 1.29 is 0 Å². The number of aryl methyl sites for hydroxylation is 1. The Hall–Kier alpha value is -2.05. The smallest absolute Gasteiger partial charge is 0.278 e. The Kier molecular flexibility index (Phi) is 5.37. The van der Waals surface area contributed by atoms with Gasteiger partial charge in [0.15, 0.2) is 5.52 Å². The van der Waals surface area contributed by atoms with Crippen LogP contribution in [-0.4, -0.2) is 32.6 Å². The summed E-state index contributed by atoms with van der Waals surface area (Å²) >= 11 is 7.78. The van der Waals surface area contributed by atoms with Gasteiger partial charge in [-0.2, -0.15) is 0 Å². The van der Waals surface area contributed by atoms with Crippen LogP contribution in [0.1, 0.15) is 5.56 Å². The summed E-state index contributed by atoms with van der Waals surface area (Å²) in [4.78, 5) is 24.3. The van der Waals surface area contributed by atoms with Crippen LogP contribution in [0.25, 0.3) is 11.0 Å². The number of hydrogen-bond acceptors (Lipinski definition) is 5. The van der Waals surface area contributed by atoms with Crippen molar-refractivity contribution >= 4 is 40.3 Å². The van der Waals surface area contributed by atoms with Crippen LogP contribution in [0, 0.1) is 6.92 Å². The Morgan fingerprint density at radius 1 is 1.29 bits per heavy atom. The SMILES string of the molecule is Cc1ccc(SC(CCl)CNc2nc3cccnc3c(=O)[nH]2)cc1. The fraction of sp³-hybridized carbons (Fsp3) is 0.235. The first-order chi connectivity index (χ1) is 11.7. The van der Waals surface area contributed by atoms with Crippen molar-refractivity contribution in [1.82, 2.24) is 15.0 Å². The largest absolute Gasteiger partial charge is 0.355 e. The number of thioether (sulfide) groups is 1. The average Bonchev–Trinajstić information content (AvgIpc) is 2.60. The molecule has 24 heavy (non-hydrogen) atoms. The molecule has 3 aromatic rings. The van der Waals surface area contributed by atoms with Crippen LogP contribution in [0.5, 0.6) is 0 Å². The van der Waals surface area contributed by atoms with Crippen LogP contribution < -0.4 is 10.9 Å². The summed E-state index contributed by atoms with van der Waals surface area (Å²) in [5.74, 6) is 0.922. The lowest BCUT2D eigenvalue weighted by Crippen LogP contribution is -2.21. The standard InChI is InChI=1S/C17H17ClN4OS/c1-11-4-6-12(7-5-11)24-13(9-18)10-20-17-21-14-3-2-8-19-15(14)16(23)22-17/h2-8,13H,9-10H2,1H3,(H2,20,21,22,23). The van der Waals surface area contributed by atoms with E-state index in [2.05, 4.69) is 51.5 Å². The van der Waals surface area contributed by atoms with Gasteiger partial charge in [0, 0.05) is 28.8 Å². The van der Waals surface area contributed by atoms with E-state index in [9.17, 15) is 4.79 Å². The first-order valence-electron chi connectivity index (χ1n) is 7.54. The molecule has 2 aromatic heterocycles. The number of nitrogens with zero attached hydrogens (tertiary/aromatic N) is 2. The molecule has 0 bridgehead atoms. The predicted octanol–water partition coefficient (Wildman–Crippen LogP) is 3.44. The minimum absolute atomic E-state index is 0.157. The number of anilines is 1. The van der Waals surface area contributed by atoms with E-state index in [4.69, 9.17) is 11.6 Å². The second kappa shape index (κ2) is 7.68. The summed E-state index contributed by atoms with van der Waals surface area (Å²) < 4.78 is 0. The topological polar surface area (TPSA) is 70.7 Å². The summed E-state index contributed by atoms with van der Waals surface area (Å²) in [7, 11) is 0. The number of halogens is 1. The zero-order valence-corrected chi connectivity index (χ0v) is 14.7. The maximum absolute atomic E-state index is 12.0. The molecule has 2 N–H and O–H groups in total. The molecular formula is C17H17ClN4OS. The third-order valence-corrected chi connectivity index (χ3v) is 5.23. The van der Waals surface area contributed by atoms with Gasteiger partial charge in [0.25, 0.3) is 5.56 Å². The monoisotopic (exact) mass is 360 g/mol. The van der Waals surface area contributed by atoms with E-state index < -0.39 is 0 Å². The highest BCUT2D eigenvalue weighted by Gasteiger charge is 2.11. The van der Waals surface area contributed by atoms with Crippen LogP contribution in [0.2, 0.25) is 0 Å². The molecule has 1 atom stereocenters. The second-order valence-corrected chi connectivity index (χ2v) is 7.06. The minimum atomic E-state index is -0.253. The van der Waals surface area contributed by atoms with Crippen molar-refractivity contribution in [2.24, 2.45) is 0 Å². The van der Waals surface area contributed by atoms with Crippen molar-refractivity contribution in [3.63, 3.8) is 0 Å². The molecule has 5 nitrogen and oxygen atoms in total. The summed E-state index contributed by atoms with van der Waals surface area (Å²) in [6, 6.07) is 11.9. The third-order valence-electron chi connectivity index (χ3n) is 3.46. The van der Waals surface area contributed by atoms with Crippen molar-refractivity contribution in [2.45, 2.75) is 17.1 Å². The number of alkyl halides is 1. The van der Waals surface area contributed by atoms with Gasteiger partial charge in [-0.25, -0.2) is 9.97 Å². The van der Waals surface area contributed by atoms with Gasteiger partial charge in [0.1, 0.15) is 0 Å². The molecule has 0 aliphatic carbocycles. The van der Waals surface area contributed by atoms with Crippen molar-refractivity contribution in [3.05, 3.63) is 58.5 Å². The Balaban J connectivity index is 1.69. The minimum Gasteiger partial charge on any atom is -0.355 e. The van der Waals surface area contributed by atoms with Crippen molar-refractivity contribution in [1.29, 1.82) is 0 Å². The van der Waals surface area contributed by atoms with Crippen LogP contribution in [0.4, 0.5) is 5.95 Å². The number of nitrogens with one attached hydrogen (secondary N) is 2. The first kappa shape index (κ1) is 16.8. The van der Waals surface area contributed by atoms with Gasteiger partial charge in [-0.15, -0.1) is 23.4 Å².